The maximum absolute atomic E-state index is 10.2. The molecule has 126 valence electrons. The van der Waals surface area contributed by atoms with E-state index in [1.165, 1.54) is 29.5 Å². The van der Waals surface area contributed by atoms with Gasteiger partial charge in [0.05, 0.1) is 6.61 Å². The smallest absolute Gasteiger partial charge is 0.115 e. The highest BCUT2D eigenvalue weighted by Crippen LogP contribution is 2.56. The predicted octanol–water partition coefficient (Wildman–Crippen LogP) is 4.24. The molecule has 3 nitrogen and oxygen atoms in total. The van der Waals surface area contributed by atoms with Crippen molar-refractivity contribution in [3.63, 3.8) is 0 Å². The van der Waals surface area contributed by atoms with Gasteiger partial charge in [0.25, 0.3) is 0 Å². The van der Waals surface area contributed by atoms with Crippen LogP contribution in [0.15, 0.2) is 42.5 Å². The Bertz CT molecular complexity index is 722. The van der Waals surface area contributed by atoms with Crippen molar-refractivity contribution in [2.75, 3.05) is 6.61 Å². The molecule has 0 bridgehead atoms. The fourth-order valence-electron chi connectivity index (χ4n) is 5.08. The molecular formula is C21H24O3. The molecule has 2 aromatic rings. The van der Waals surface area contributed by atoms with Gasteiger partial charge in [-0.1, -0.05) is 31.0 Å². The van der Waals surface area contributed by atoms with E-state index in [4.69, 9.17) is 0 Å². The van der Waals surface area contributed by atoms with Crippen LogP contribution < -0.4 is 0 Å². The zero-order valence-corrected chi connectivity index (χ0v) is 13.7. The minimum atomic E-state index is 0.0458. The van der Waals surface area contributed by atoms with Gasteiger partial charge in [-0.15, -0.1) is 0 Å². The minimum absolute atomic E-state index is 0.0458. The summed E-state index contributed by atoms with van der Waals surface area (Å²) in [5, 5.41) is 29.8. The largest absolute Gasteiger partial charge is 0.508 e. The van der Waals surface area contributed by atoms with Crippen LogP contribution in [-0.4, -0.2) is 21.9 Å². The average molecular weight is 324 g/mol. The lowest BCUT2D eigenvalue weighted by Crippen LogP contribution is -2.35. The van der Waals surface area contributed by atoms with Gasteiger partial charge in [0, 0.05) is 5.92 Å². The summed E-state index contributed by atoms with van der Waals surface area (Å²) in [4.78, 5) is 0. The van der Waals surface area contributed by atoms with E-state index in [1.54, 1.807) is 18.2 Å². The zero-order valence-electron chi connectivity index (χ0n) is 13.7. The lowest BCUT2D eigenvalue weighted by Gasteiger charge is -2.47. The van der Waals surface area contributed by atoms with Gasteiger partial charge < -0.3 is 15.3 Å². The summed E-state index contributed by atoms with van der Waals surface area (Å²) in [6.45, 7) is 0.104. The Morgan fingerprint density at radius 2 is 1.54 bits per heavy atom. The molecule has 24 heavy (non-hydrogen) atoms. The molecule has 0 heterocycles. The molecule has 0 radical (unpaired) electrons. The van der Waals surface area contributed by atoms with Crippen molar-refractivity contribution in [1.29, 1.82) is 0 Å². The van der Waals surface area contributed by atoms with Gasteiger partial charge in [-0.05, 0) is 71.6 Å². The highest BCUT2D eigenvalue weighted by atomic mass is 16.3. The highest BCUT2D eigenvalue weighted by molar-refractivity contribution is 5.46. The molecule has 2 aliphatic carbocycles. The van der Waals surface area contributed by atoms with E-state index in [1.807, 2.05) is 24.3 Å². The highest BCUT2D eigenvalue weighted by Gasteiger charge is 2.43. The van der Waals surface area contributed by atoms with E-state index in [9.17, 15) is 15.3 Å². The van der Waals surface area contributed by atoms with Crippen LogP contribution in [0.5, 0.6) is 11.5 Å². The van der Waals surface area contributed by atoms with Gasteiger partial charge in [0.15, 0.2) is 0 Å². The normalized spacial score (nSPS) is 28.9. The van der Waals surface area contributed by atoms with Crippen molar-refractivity contribution in [2.24, 2.45) is 5.92 Å². The molecule has 2 aliphatic rings. The summed E-state index contributed by atoms with van der Waals surface area (Å²) in [6.07, 6.45) is 4.75. The van der Waals surface area contributed by atoms with Crippen molar-refractivity contribution in [2.45, 2.75) is 43.4 Å². The van der Waals surface area contributed by atoms with Gasteiger partial charge >= 0.3 is 0 Å². The molecule has 0 aromatic heterocycles. The quantitative estimate of drug-likeness (QED) is 0.774. The first kappa shape index (κ1) is 15.5. The molecule has 0 amide bonds. The number of aromatic hydroxyl groups is 2. The fraction of sp³-hybridized carbons (Fsp3) is 0.429. The number of hydrogen-bond acceptors (Lipinski definition) is 3. The SMILES string of the molecule is OCC1c2ccc(O)cc2C2CCCCC2C1c1ccc(O)cc1. The summed E-state index contributed by atoms with van der Waals surface area (Å²) in [5.41, 5.74) is 3.60. The van der Waals surface area contributed by atoms with Crippen LogP contribution in [0.3, 0.4) is 0 Å². The van der Waals surface area contributed by atoms with Gasteiger partial charge in [-0.2, -0.15) is 0 Å². The third-order valence-corrected chi connectivity index (χ3v) is 6.06. The molecule has 0 aliphatic heterocycles. The Morgan fingerprint density at radius 3 is 2.29 bits per heavy atom. The van der Waals surface area contributed by atoms with Crippen LogP contribution in [0.2, 0.25) is 0 Å². The van der Waals surface area contributed by atoms with Crippen LogP contribution in [0.25, 0.3) is 0 Å². The first-order valence-corrected chi connectivity index (χ1v) is 8.91. The monoisotopic (exact) mass is 324 g/mol. The second-order valence-electron chi connectivity index (χ2n) is 7.27. The van der Waals surface area contributed by atoms with Gasteiger partial charge in [-0.3, -0.25) is 0 Å². The molecule has 1 saturated carbocycles. The van der Waals surface area contributed by atoms with E-state index in [2.05, 4.69) is 0 Å². The Balaban J connectivity index is 1.85. The van der Waals surface area contributed by atoms with Crippen LogP contribution in [0.1, 0.15) is 60.1 Å². The number of hydrogen-bond donors (Lipinski definition) is 3. The lowest BCUT2D eigenvalue weighted by atomic mass is 9.58. The van der Waals surface area contributed by atoms with Crippen LogP contribution in [0.4, 0.5) is 0 Å². The van der Waals surface area contributed by atoms with Crippen LogP contribution in [-0.2, 0) is 0 Å². The number of aliphatic hydroxyl groups is 1. The second-order valence-corrected chi connectivity index (χ2v) is 7.27. The van der Waals surface area contributed by atoms with Gasteiger partial charge in [0.2, 0.25) is 0 Å². The van der Waals surface area contributed by atoms with Crippen molar-refractivity contribution >= 4 is 0 Å². The lowest BCUT2D eigenvalue weighted by molar-refractivity contribution is 0.167. The average Bonchev–Trinajstić information content (AvgIpc) is 2.61. The molecule has 0 spiro atoms. The predicted molar refractivity (Wildman–Crippen MR) is 93.5 cm³/mol. The number of phenolic OH excluding ortho intramolecular Hbond substituents is 2. The Hall–Kier alpha value is -2.00. The van der Waals surface area contributed by atoms with Crippen LogP contribution in [0, 0.1) is 5.92 Å². The molecule has 1 fully saturated rings. The summed E-state index contributed by atoms with van der Waals surface area (Å²) < 4.78 is 0. The van der Waals surface area contributed by atoms with Crippen molar-refractivity contribution in [3.8, 4) is 11.5 Å². The molecule has 4 atom stereocenters. The standard InChI is InChI=1S/C21H24O3/c22-12-20-17-10-9-15(24)11-19(17)16-3-1-2-4-18(16)21(20)13-5-7-14(23)8-6-13/h5-11,16,18,20-24H,1-4,12H2. The van der Waals surface area contributed by atoms with E-state index in [0.717, 1.165) is 12.8 Å². The molecule has 0 saturated heterocycles. The van der Waals surface area contributed by atoms with Gasteiger partial charge in [-0.25, -0.2) is 0 Å². The van der Waals surface area contributed by atoms with Crippen molar-refractivity contribution < 1.29 is 15.3 Å². The first-order chi connectivity index (χ1) is 11.7. The zero-order chi connectivity index (χ0) is 16.7. The van der Waals surface area contributed by atoms with Crippen molar-refractivity contribution in [1.82, 2.24) is 0 Å². The molecule has 4 rings (SSSR count). The van der Waals surface area contributed by atoms with Crippen molar-refractivity contribution in [3.05, 3.63) is 59.2 Å². The molecule has 3 N–H and O–H groups in total. The third-order valence-electron chi connectivity index (χ3n) is 6.06. The Labute approximate surface area is 142 Å². The fourth-order valence-corrected chi connectivity index (χ4v) is 5.08. The maximum Gasteiger partial charge on any atom is 0.115 e. The van der Waals surface area contributed by atoms with E-state index >= 15 is 0 Å². The van der Waals surface area contributed by atoms with E-state index in [-0.39, 0.29) is 24.2 Å². The first-order valence-electron chi connectivity index (χ1n) is 8.91. The Morgan fingerprint density at radius 1 is 0.833 bits per heavy atom. The molecule has 3 heteroatoms. The van der Waals surface area contributed by atoms with E-state index in [0.29, 0.717) is 17.6 Å². The maximum atomic E-state index is 10.2. The van der Waals surface area contributed by atoms with Gasteiger partial charge in [0.1, 0.15) is 11.5 Å². The summed E-state index contributed by atoms with van der Waals surface area (Å²) in [7, 11) is 0. The molecule has 4 unspecified atom stereocenters. The van der Waals surface area contributed by atoms with Crippen LogP contribution >= 0.6 is 0 Å². The minimum Gasteiger partial charge on any atom is -0.508 e. The third kappa shape index (κ3) is 2.48. The molecule has 2 aromatic carbocycles. The van der Waals surface area contributed by atoms with E-state index < -0.39 is 0 Å². The number of aliphatic hydroxyl groups excluding tert-OH is 1. The summed E-state index contributed by atoms with van der Waals surface area (Å²) in [6, 6.07) is 13.1. The number of benzene rings is 2. The molecular weight excluding hydrogens is 300 g/mol. The summed E-state index contributed by atoms with van der Waals surface area (Å²) >= 11 is 0. The number of rotatable bonds is 2. The second kappa shape index (κ2) is 6.14. The topological polar surface area (TPSA) is 60.7 Å². The number of phenols is 2. The number of fused-ring (bicyclic) bond motifs is 3. The Kier molecular flexibility index (Phi) is 3.97. The summed E-state index contributed by atoms with van der Waals surface area (Å²) in [5.74, 6) is 1.83.